The highest BCUT2D eigenvalue weighted by Crippen LogP contribution is 2.27. The van der Waals surface area contributed by atoms with E-state index in [-0.39, 0.29) is 10.9 Å². The first-order valence-corrected chi connectivity index (χ1v) is 6.71. The number of anilines is 1. The van der Waals surface area contributed by atoms with E-state index in [1.54, 1.807) is 23.8 Å². The van der Waals surface area contributed by atoms with Crippen molar-refractivity contribution in [2.75, 3.05) is 11.9 Å². The molecule has 0 aliphatic rings. The van der Waals surface area contributed by atoms with Gasteiger partial charge in [-0.1, -0.05) is 0 Å². The summed E-state index contributed by atoms with van der Waals surface area (Å²) in [6, 6.07) is 3.78. The number of halogens is 3. The van der Waals surface area contributed by atoms with Crippen molar-refractivity contribution in [1.29, 1.82) is 0 Å². The minimum Gasteiger partial charge on any atom is -0.368 e. The van der Waals surface area contributed by atoms with E-state index >= 15 is 0 Å². The Hall–Kier alpha value is -2.57. The molecule has 0 aliphatic carbocycles. The summed E-state index contributed by atoms with van der Waals surface area (Å²) >= 11 is 0. The van der Waals surface area contributed by atoms with Crippen LogP contribution in [0, 0.1) is 24.4 Å². The Morgan fingerprint density at radius 1 is 1.18 bits per heavy atom. The summed E-state index contributed by atoms with van der Waals surface area (Å²) < 4.78 is 42.7. The van der Waals surface area contributed by atoms with Gasteiger partial charge >= 0.3 is 0 Å². The molecule has 0 aliphatic heterocycles. The molecule has 0 radical (unpaired) electrons. The van der Waals surface area contributed by atoms with Crippen molar-refractivity contribution < 1.29 is 13.2 Å². The fourth-order valence-electron chi connectivity index (χ4n) is 2.44. The number of fused-ring (bicyclic) bond motifs is 1. The maximum absolute atomic E-state index is 14.0. The molecule has 0 spiro atoms. The van der Waals surface area contributed by atoms with Gasteiger partial charge < -0.3 is 9.88 Å². The predicted octanol–water partition coefficient (Wildman–Crippen LogP) is 3.27. The van der Waals surface area contributed by atoms with Crippen molar-refractivity contribution in [1.82, 2.24) is 14.5 Å². The van der Waals surface area contributed by atoms with Crippen LogP contribution in [0.4, 0.5) is 19.0 Å². The number of aromatic nitrogens is 3. The Labute approximate surface area is 124 Å². The Balaban J connectivity index is 1.89. The summed E-state index contributed by atoms with van der Waals surface area (Å²) in [4.78, 5) is 7.80. The van der Waals surface area contributed by atoms with Gasteiger partial charge in [0.2, 0.25) is 0 Å². The Morgan fingerprint density at radius 3 is 2.73 bits per heavy atom. The van der Waals surface area contributed by atoms with E-state index in [0.29, 0.717) is 30.7 Å². The first kappa shape index (κ1) is 14.4. The molecule has 0 fully saturated rings. The molecule has 0 unspecified atom stereocenters. The van der Waals surface area contributed by atoms with Gasteiger partial charge in [0.25, 0.3) is 0 Å². The maximum Gasteiger partial charge on any atom is 0.183 e. The molecule has 0 bridgehead atoms. The third kappa shape index (κ3) is 2.49. The minimum absolute atomic E-state index is 0.0560. The van der Waals surface area contributed by atoms with E-state index in [2.05, 4.69) is 15.3 Å². The lowest BCUT2D eigenvalue weighted by molar-refractivity contribution is 0.500. The number of rotatable bonds is 4. The molecule has 1 N–H and O–H groups in total. The largest absolute Gasteiger partial charge is 0.368 e. The molecule has 1 aromatic carbocycles. The highest BCUT2D eigenvalue weighted by atomic mass is 19.2. The lowest BCUT2D eigenvalue weighted by Gasteiger charge is -2.10. The van der Waals surface area contributed by atoms with Crippen LogP contribution in [0.3, 0.4) is 0 Å². The molecule has 3 rings (SSSR count). The van der Waals surface area contributed by atoms with Crippen LogP contribution in [-0.4, -0.2) is 21.1 Å². The number of hydrogen-bond acceptors (Lipinski definition) is 3. The molecule has 22 heavy (non-hydrogen) atoms. The highest BCUT2D eigenvalue weighted by Gasteiger charge is 2.18. The summed E-state index contributed by atoms with van der Waals surface area (Å²) in [7, 11) is 0. The molecule has 7 heteroatoms. The van der Waals surface area contributed by atoms with Gasteiger partial charge in [-0.15, -0.1) is 0 Å². The molecular formula is C15H13F3N4. The van der Waals surface area contributed by atoms with Crippen LogP contribution in [0.25, 0.3) is 10.9 Å². The van der Waals surface area contributed by atoms with Crippen molar-refractivity contribution in [3.8, 4) is 0 Å². The van der Waals surface area contributed by atoms with Crippen LogP contribution >= 0.6 is 0 Å². The van der Waals surface area contributed by atoms with E-state index in [9.17, 15) is 13.2 Å². The van der Waals surface area contributed by atoms with Crippen molar-refractivity contribution >= 4 is 16.7 Å². The number of nitrogens with one attached hydrogen (secondary N) is 1. The first-order chi connectivity index (χ1) is 10.6. The molecule has 2 heterocycles. The van der Waals surface area contributed by atoms with Gasteiger partial charge in [0.05, 0.1) is 5.52 Å². The van der Waals surface area contributed by atoms with E-state index in [4.69, 9.17) is 0 Å². The fraction of sp³-hybridized carbons (Fsp3) is 0.200. The predicted molar refractivity (Wildman–Crippen MR) is 77.1 cm³/mol. The molecule has 4 nitrogen and oxygen atoms in total. The van der Waals surface area contributed by atoms with Crippen LogP contribution in [0.1, 0.15) is 5.69 Å². The number of hydrogen-bond donors (Lipinski definition) is 1. The summed E-state index contributed by atoms with van der Waals surface area (Å²) in [5.74, 6) is -2.36. The Bertz CT molecular complexity index is 815. The molecule has 0 saturated carbocycles. The first-order valence-electron chi connectivity index (χ1n) is 6.71. The minimum atomic E-state index is -1.19. The molecule has 2 aromatic heterocycles. The van der Waals surface area contributed by atoms with E-state index in [0.717, 1.165) is 0 Å². The van der Waals surface area contributed by atoms with Crippen LogP contribution in [0.15, 0.2) is 30.7 Å². The third-order valence-electron chi connectivity index (χ3n) is 3.46. The number of nitrogens with zero attached hydrogens (tertiary/aromatic N) is 3. The number of aryl methyl sites for hydroxylation is 1. The second kappa shape index (κ2) is 5.67. The van der Waals surface area contributed by atoms with E-state index in [1.165, 1.54) is 12.4 Å². The summed E-state index contributed by atoms with van der Waals surface area (Å²) in [5, 5.41) is 3.12. The molecule has 0 amide bonds. The smallest absolute Gasteiger partial charge is 0.183 e. The zero-order chi connectivity index (χ0) is 15.7. The van der Waals surface area contributed by atoms with Crippen LogP contribution in [-0.2, 0) is 6.54 Å². The number of benzene rings is 1. The van der Waals surface area contributed by atoms with Gasteiger partial charge in [-0.05, 0) is 19.1 Å². The molecule has 0 atom stereocenters. The van der Waals surface area contributed by atoms with Gasteiger partial charge in [0, 0.05) is 36.4 Å². The molecular weight excluding hydrogens is 293 g/mol. The normalized spacial score (nSPS) is 11.1. The second-order valence-electron chi connectivity index (χ2n) is 4.88. The third-order valence-corrected chi connectivity index (χ3v) is 3.46. The van der Waals surface area contributed by atoms with Gasteiger partial charge in [-0.25, -0.2) is 23.1 Å². The van der Waals surface area contributed by atoms with Gasteiger partial charge in [-0.3, -0.25) is 0 Å². The Morgan fingerprint density at radius 2 is 2.00 bits per heavy atom. The summed E-state index contributed by atoms with van der Waals surface area (Å²) in [6.45, 7) is 2.50. The molecule has 114 valence electrons. The van der Waals surface area contributed by atoms with Crippen molar-refractivity contribution in [3.05, 3.63) is 53.9 Å². The average Bonchev–Trinajstić information content (AvgIpc) is 2.84. The second-order valence-corrected chi connectivity index (χ2v) is 4.88. The SMILES string of the molecule is Cc1cc2c(F)cc(F)c(F)c2n1CCNc1ccncn1. The zero-order valence-electron chi connectivity index (χ0n) is 11.8. The van der Waals surface area contributed by atoms with E-state index in [1.807, 2.05) is 0 Å². The fourth-order valence-corrected chi connectivity index (χ4v) is 2.44. The van der Waals surface area contributed by atoms with Crippen molar-refractivity contribution in [2.24, 2.45) is 0 Å². The van der Waals surface area contributed by atoms with Crippen molar-refractivity contribution in [3.63, 3.8) is 0 Å². The average molecular weight is 306 g/mol. The topological polar surface area (TPSA) is 42.7 Å². The van der Waals surface area contributed by atoms with Crippen LogP contribution < -0.4 is 5.32 Å². The molecule has 3 aromatic rings. The van der Waals surface area contributed by atoms with Crippen LogP contribution in [0.5, 0.6) is 0 Å². The summed E-state index contributed by atoms with van der Waals surface area (Å²) in [5.41, 5.74) is 0.599. The zero-order valence-corrected chi connectivity index (χ0v) is 11.8. The summed E-state index contributed by atoms with van der Waals surface area (Å²) in [6.07, 6.45) is 3.00. The van der Waals surface area contributed by atoms with Gasteiger partial charge in [0.15, 0.2) is 11.6 Å². The maximum atomic E-state index is 14.0. The van der Waals surface area contributed by atoms with Crippen LogP contribution in [0.2, 0.25) is 0 Å². The van der Waals surface area contributed by atoms with Crippen molar-refractivity contribution in [2.45, 2.75) is 13.5 Å². The highest BCUT2D eigenvalue weighted by molar-refractivity contribution is 5.82. The lowest BCUT2D eigenvalue weighted by atomic mass is 10.2. The standard InChI is InChI=1S/C15H13F3N4/c1-9-6-10-11(16)7-12(17)14(18)15(10)22(9)5-4-20-13-2-3-19-8-21-13/h2-3,6-8H,4-5H2,1H3,(H,19,20,21). The van der Waals surface area contributed by atoms with Gasteiger partial charge in [0.1, 0.15) is 18.0 Å². The Kier molecular flexibility index (Phi) is 3.70. The van der Waals surface area contributed by atoms with E-state index < -0.39 is 17.5 Å². The molecule has 0 saturated heterocycles. The lowest BCUT2D eigenvalue weighted by Crippen LogP contribution is -2.13. The quantitative estimate of drug-likeness (QED) is 0.752. The van der Waals surface area contributed by atoms with Gasteiger partial charge in [-0.2, -0.15) is 0 Å². The monoisotopic (exact) mass is 306 g/mol.